The lowest BCUT2D eigenvalue weighted by Crippen LogP contribution is -2.46. The summed E-state index contributed by atoms with van der Waals surface area (Å²) in [7, 11) is -0.00354. The minimum Gasteiger partial charge on any atom is -0.505 e. The predicted molar refractivity (Wildman–Crippen MR) is 151 cm³/mol. The van der Waals surface area contributed by atoms with Crippen LogP contribution in [0.5, 0.6) is 5.75 Å². The number of benzene rings is 2. The quantitative estimate of drug-likeness (QED) is 0.206. The summed E-state index contributed by atoms with van der Waals surface area (Å²) >= 11 is 0. The summed E-state index contributed by atoms with van der Waals surface area (Å²) in [6.07, 6.45) is 3.38. The van der Waals surface area contributed by atoms with Crippen LogP contribution in [0.4, 0.5) is 9.18 Å². The van der Waals surface area contributed by atoms with E-state index in [0.717, 1.165) is 35.8 Å². The molecule has 0 aromatic heterocycles. The standard InChI is InChI=1S/C31H33BFNO7/c1-3-7-21-16-22-28(30(37)34(29(22)36)31(38)40-2)23-17-32(39)41-26(27(21)23)13-11-20(19-8-5-4-6-9-19)14-18-10-12-25(35)24(33)15-18/h4-6,8-10,12,14-15,22-23,26,28,35,39H,3,7,11,13,16-17H2,1-2H3/b20-14-/t22-,23+,26-,28-/m1/s1. The Balaban J connectivity index is 1.48. The number of likely N-dealkylation sites (tertiary alicyclic amines) is 1. The Morgan fingerprint density at radius 3 is 2.61 bits per heavy atom. The Kier molecular flexibility index (Phi) is 8.42. The van der Waals surface area contributed by atoms with Gasteiger partial charge in [0.15, 0.2) is 11.6 Å². The molecule has 0 radical (unpaired) electrons. The average Bonchev–Trinajstić information content (AvgIpc) is 3.22. The third kappa shape index (κ3) is 5.58. The number of halogens is 1. The molecule has 214 valence electrons. The number of fused-ring (bicyclic) bond motifs is 3. The van der Waals surface area contributed by atoms with Crippen LogP contribution in [0.3, 0.4) is 0 Å². The van der Waals surface area contributed by atoms with Crippen molar-refractivity contribution < 1.29 is 38.3 Å². The Labute approximate surface area is 238 Å². The fourth-order valence-corrected chi connectivity index (χ4v) is 6.63. The average molecular weight is 561 g/mol. The lowest BCUT2D eigenvalue weighted by atomic mass is 9.58. The van der Waals surface area contributed by atoms with E-state index in [9.17, 15) is 28.9 Å². The molecule has 4 atom stereocenters. The van der Waals surface area contributed by atoms with Crippen LogP contribution >= 0.6 is 0 Å². The summed E-state index contributed by atoms with van der Waals surface area (Å²) in [6, 6.07) is 13.9. The van der Waals surface area contributed by atoms with E-state index in [1.165, 1.54) is 12.1 Å². The summed E-state index contributed by atoms with van der Waals surface area (Å²) < 4.78 is 24.9. The Hall–Kier alpha value is -3.76. The van der Waals surface area contributed by atoms with E-state index < -0.39 is 60.5 Å². The monoisotopic (exact) mass is 561 g/mol. The van der Waals surface area contributed by atoms with Crippen molar-refractivity contribution in [1.82, 2.24) is 4.90 Å². The van der Waals surface area contributed by atoms with E-state index in [1.807, 2.05) is 43.3 Å². The first-order valence-corrected chi connectivity index (χ1v) is 14.0. The molecule has 0 unspecified atom stereocenters. The van der Waals surface area contributed by atoms with Crippen LogP contribution in [-0.2, 0) is 19.0 Å². The number of methoxy groups -OCH3 is 1. The first-order chi connectivity index (χ1) is 19.7. The number of aromatic hydroxyl groups is 1. The maximum absolute atomic E-state index is 14.1. The van der Waals surface area contributed by atoms with Gasteiger partial charge in [0.25, 0.3) is 0 Å². The second-order valence-electron chi connectivity index (χ2n) is 10.8. The third-order valence-electron chi connectivity index (χ3n) is 8.35. The van der Waals surface area contributed by atoms with Gasteiger partial charge in [-0.05, 0) is 72.3 Å². The minimum atomic E-state index is -1.14. The van der Waals surface area contributed by atoms with Gasteiger partial charge in [0.2, 0.25) is 11.8 Å². The number of hydrogen-bond acceptors (Lipinski definition) is 7. The summed E-state index contributed by atoms with van der Waals surface area (Å²) in [6.45, 7) is 2.04. The van der Waals surface area contributed by atoms with Crippen LogP contribution in [0.25, 0.3) is 11.6 Å². The van der Waals surface area contributed by atoms with Crippen molar-refractivity contribution >= 4 is 36.7 Å². The molecule has 1 aliphatic carbocycles. The highest BCUT2D eigenvalue weighted by Gasteiger charge is 2.59. The molecule has 3 amide bonds. The van der Waals surface area contributed by atoms with Crippen molar-refractivity contribution in [2.24, 2.45) is 17.8 Å². The molecule has 0 saturated carbocycles. The molecule has 5 rings (SSSR count). The van der Waals surface area contributed by atoms with Crippen LogP contribution < -0.4 is 0 Å². The molecule has 0 bridgehead atoms. The molecule has 2 saturated heterocycles. The van der Waals surface area contributed by atoms with E-state index in [4.69, 9.17) is 9.39 Å². The molecular weight excluding hydrogens is 528 g/mol. The summed E-state index contributed by atoms with van der Waals surface area (Å²) in [5.74, 6) is -4.14. The highest BCUT2D eigenvalue weighted by atomic mass is 19.1. The van der Waals surface area contributed by atoms with Gasteiger partial charge < -0.3 is 19.5 Å². The van der Waals surface area contributed by atoms with E-state index in [-0.39, 0.29) is 6.32 Å². The van der Waals surface area contributed by atoms with Crippen LogP contribution in [0.15, 0.2) is 59.7 Å². The fourth-order valence-electron chi connectivity index (χ4n) is 6.63. The number of phenolic OH excluding ortho intramolecular Hbond substituents is 1. The molecule has 2 N–H and O–H groups in total. The highest BCUT2D eigenvalue weighted by Crippen LogP contribution is 2.51. The lowest BCUT2D eigenvalue weighted by molar-refractivity contribution is -0.137. The van der Waals surface area contributed by atoms with Crippen LogP contribution in [0.2, 0.25) is 6.32 Å². The van der Waals surface area contributed by atoms with Crippen molar-refractivity contribution in [3.05, 3.63) is 76.6 Å². The molecule has 8 nitrogen and oxygen atoms in total. The maximum Gasteiger partial charge on any atom is 0.455 e. The summed E-state index contributed by atoms with van der Waals surface area (Å²) in [5, 5.41) is 20.4. The fraction of sp³-hybridized carbons (Fsp3) is 0.387. The van der Waals surface area contributed by atoms with E-state index >= 15 is 0 Å². The van der Waals surface area contributed by atoms with Gasteiger partial charge in [0.05, 0.1) is 25.0 Å². The van der Waals surface area contributed by atoms with E-state index in [1.54, 1.807) is 6.07 Å². The number of nitrogens with zero attached hydrogens (tertiary/aromatic N) is 1. The number of allylic oxidation sites excluding steroid dienone is 2. The van der Waals surface area contributed by atoms with Gasteiger partial charge in [0.1, 0.15) is 0 Å². The molecule has 2 heterocycles. The number of rotatable bonds is 7. The van der Waals surface area contributed by atoms with Gasteiger partial charge in [-0.2, -0.15) is 4.90 Å². The number of carbonyl (C=O) groups is 3. The van der Waals surface area contributed by atoms with Gasteiger partial charge in [-0.1, -0.05) is 61.4 Å². The smallest absolute Gasteiger partial charge is 0.455 e. The van der Waals surface area contributed by atoms with Gasteiger partial charge in [-0.15, -0.1) is 0 Å². The molecule has 2 fully saturated rings. The SMILES string of the molecule is CCCC1=C2[C@@H](CC/C(=C/c3ccc(O)c(F)c3)c3ccccc3)OB(O)C[C@@H]2[C@@H]2C(=O)N(C(=O)OC)C(=O)[C@@H]2C1. The molecule has 2 aromatic rings. The van der Waals surface area contributed by atoms with Crippen molar-refractivity contribution in [2.45, 2.75) is 51.5 Å². The first-order valence-electron chi connectivity index (χ1n) is 14.0. The summed E-state index contributed by atoms with van der Waals surface area (Å²) in [4.78, 5) is 39.5. The molecular formula is C31H33BFNO7. The number of amides is 3. The predicted octanol–water partition coefficient (Wildman–Crippen LogP) is 5.22. The molecule has 10 heteroatoms. The third-order valence-corrected chi connectivity index (χ3v) is 8.35. The van der Waals surface area contributed by atoms with Crippen LogP contribution in [0.1, 0.15) is 50.2 Å². The topological polar surface area (TPSA) is 113 Å². The van der Waals surface area contributed by atoms with Crippen LogP contribution in [-0.4, -0.2) is 53.3 Å². The Bertz CT molecular complexity index is 1410. The van der Waals surface area contributed by atoms with E-state index in [2.05, 4.69) is 0 Å². The molecule has 2 aliphatic heterocycles. The normalized spacial score (nSPS) is 24.4. The lowest BCUT2D eigenvalue weighted by Gasteiger charge is -2.43. The maximum atomic E-state index is 14.1. The first kappa shape index (κ1) is 28.8. The zero-order valence-electron chi connectivity index (χ0n) is 23.1. The van der Waals surface area contributed by atoms with Crippen molar-refractivity contribution in [2.75, 3.05) is 7.11 Å². The van der Waals surface area contributed by atoms with Gasteiger partial charge >= 0.3 is 13.2 Å². The van der Waals surface area contributed by atoms with Crippen molar-refractivity contribution in [3.8, 4) is 5.75 Å². The Morgan fingerprint density at radius 2 is 1.93 bits per heavy atom. The van der Waals surface area contributed by atoms with Crippen molar-refractivity contribution in [1.29, 1.82) is 0 Å². The summed E-state index contributed by atoms with van der Waals surface area (Å²) in [5.41, 5.74) is 4.41. The molecule has 0 spiro atoms. The number of imide groups is 3. The largest absolute Gasteiger partial charge is 0.505 e. The van der Waals surface area contributed by atoms with Gasteiger partial charge in [0, 0.05) is 0 Å². The zero-order chi connectivity index (χ0) is 29.3. The van der Waals surface area contributed by atoms with Crippen LogP contribution in [0, 0.1) is 23.6 Å². The number of phenols is 1. The second kappa shape index (κ2) is 12.0. The Morgan fingerprint density at radius 1 is 1.17 bits per heavy atom. The van der Waals surface area contributed by atoms with Crippen molar-refractivity contribution in [3.63, 3.8) is 0 Å². The van der Waals surface area contributed by atoms with E-state index in [0.29, 0.717) is 36.1 Å². The molecule has 3 aliphatic rings. The number of carbonyl (C=O) groups excluding carboxylic acids is 3. The zero-order valence-corrected chi connectivity index (χ0v) is 23.1. The number of hydrogen-bond donors (Lipinski definition) is 2. The second-order valence-corrected chi connectivity index (χ2v) is 10.8. The minimum absolute atomic E-state index is 0.155. The van der Waals surface area contributed by atoms with Gasteiger partial charge in [-0.3, -0.25) is 9.59 Å². The molecule has 2 aromatic carbocycles. The highest BCUT2D eigenvalue weighted by molar-refractivity contribution is 6.43. The molecule has 41 heavy (non-hydrogen) atoms. The number of ether oxygens (including phenoxy) is 1. The van der Waals surface area contributed by atoms with Gasteiger partial charge in [-0.25, -0.2) is 9.18 Å².